The van der Waals surface area contributed by atoms with Crippen LogP contribution in [0.25, 0.3) is 0 Å². The maximum atomic E-state index is 12.6. The van der Waals surface area contributed by atoms with E-state index in [4.69, 9.17) is 4.74 Å². The van der Waals surface area contributed by atoms with Gasteiger partial charge in [0.1, 0.15) is 11.9 Å². The predicted molar refractivity (Wildman–Crippen MR) is 76.1 cm³/mol. The molecule has 2 saturated carbocycles. The average Bonchev–Trinajstić information content (AvgIpc) is 2.51. The first-order chi connectivity index (χ1) is 9.33. The fourth-order valence-corrected chi connectivity index (χ4v) is 4.60. The van der Waals surface area contributed by atoms with Crippen molar-refractivity contribution in [3.05, 3.63) is 0 Å². The highest BCUT2D eigenvalue weighted by Crippen LogP contribution is 2.56. The van der Waals surface area contributed by atoms with Crippen molar-refractivity contribution in [3.8, 4) is 0 Å². The Balaban J connectivity index is 1.82. The molecule has 0 aromatic carbocycles. The standard InChI is InChI=1S/C17H26O3/c1-4-16(2,3)14(18)10-17-7-11-5-12(8-17)15(19)20-13(6-11)9-17/h11-13H,4-10H2,1-3H3. The Hall–Kier alpha value is -0.860. The Morgan fingerprint density at radius 2 is 2.05 bits per heavy atom. The number of hydrogen-bond donors (Lipinski definition) is 0. The van der Waals surface area contributed by atoms with Crippen LogP contribution in [0.2, 0.25) is 0 Å². The quantitative estimate of drug-likeness (QED) is 0.739. The van der Waals surface area contributed by atoms with Gasteiger partial charge in [0.15, 0.2) is 0 Å². The topological polar surface area (TPSA) is 43.4 Å². The zero-order valence-corrected chi connectivity index (χ0v) is 12.9. The molecule has 4 rings (SSSR count). The summed E-state index contributed by atoms with van der Waals surface area (Å²) in [4.78, 5) is 24.7. The van der Waals surface area contributed by atoms with Gasteiger partial charge in [-0.2, -0.15) is 0 Å². The van der Waals surface area contributed by atoms with Crippen molar-refractivity contribution in [3.63, 3.8) is 0 Å². The predicted octanol–water partition coefficient (Wildman–Crippen LogP) is 3.50. The van der Waals surface area contributed by atoms with E-state index in [0.29, 0.717) is 18.1 Å². The Bertz CT molecular complexity index is 440. The van der Waals surface area contributed by atoms with Gasteiger partial charge in [-0.15, -0.1) is 0 Å². The van der Waals surface area contributed by atoms with E-state index in [1.54, 1.807) is 0 Å². The van der Waals surface area contributed by atoms with Gasteiger partial charge < -0.3 is 4.74 Å². The fourth-order valence-electron chi connectivity index (χ4n) is 4.60. The van der Waals surface area contributed by atoms with Crippen LogP contribution in [0.4, 0.5) is 0 Å². The van der Waals surface area contributed by atoms with Crippen LogP contribution in [-0.2, 0) is 14.3 Å². The smallest absolute Gasteiger partial charge is 0.309 e. The van der Waals surface area contributed by atoms with Crippen LogP contribution in [0.3, 0.4) is 0 Å². The Kier molecular flexibility index (Phi) is 3.22. The highest BCUT2D eigenvalue weighted by molar-refractivity contribution is 5.85. The molecule has 2 heterocycles. The van der Waals surface area contributed by atoms with Crippen LogP contribution in [0.5, 0.6) is 0 Å². The highest BCUT2D eigenvalue weighted by Gasteiger charge is 2.53. The monoisotopic (exact) mass is 278 g/mol. The number of ether oxygens (including phenoxy) is 1. The van der Waals surface area contributed by atoms with Crippen LogP contribution in [0, 0.1) is 22.7 Å². The summed E-state index contributed by atoms with van der Waals surface area (Å²) < 4.78 is 5.60. The van der Waals surface area contributed by atoms with Gasteiger partial charge in [-0.05, 0) is 49.9 Å². The molecule has 2 aliphatic heterocycles. The summed E-state index contributed by atoms with van der Waals surface area (Å²) >= 11 is 0. The molecule has 4 fully saturated rings. The van der Waals surface area contributed by atoms with Gasteiger partial charge in [0.05, 0.1) is 5.92 Å². The van der Waals surface area contributed by atoms with Crippen molar-refractivity contribution in [1.82, 2.24) is 0 Å². The molecule has 4 unspecified atom stereocenters. The maximum absolute atomic E-state index is 12.6. The minimum atomic E-state index is -0.233. The van der Waals surface area contributed by atoms with E-state index in [9.17, 15) is 9.59 Å². The minimum Gasteiger partial charge on any atom is -0.462 e. The summed E-state index contributed by atoms with van der Waals surface area (Å²) in [6.07, 6.45) is 6.54. The third kappa shape index (κ3) is 2.29. The van der Waals surface area contributed by atoms with Crippen molar-refractivity contribution in [2.75, 3.05) is 0 Å². The largest absolute Gasteiger partial charge is 0.462 e. The third-order valence-electron chi connectivity index (χ3n) is 6.07. The molecular weight excluding hydrogens is 252 g/mol. The molecule has 4 atom stereocenters. The lowest BCUT2D eigenvalue weighted by atomic mass is 9.56. The second-order valence-corrected chi connectivity index (χ2v) is 8.04. The van der Waals surface area contributed by atoms with Crippen molar-refractivity contribution in [1.29, 1.82) is 0 Å². The van der Waals surface area contributed by atoms with E-state index < -0.39 is 0 Å². The molecule has 0 spiro atoms. The lowest BCUT2D eigenvalue weighted by Gasteiger charge is -2.47. The molecule has 0 N–H and O–H groups in total. The van der Waals surface area contributed by atoms with Gasteiger partial charge in [-0.25, -0.2) is 0 Å². The summed E-state index contributed by atoms with van der Waals surface area (Å²) in [7, 11) is 0. The van der Waals surface area contributed by atoms with Crippen molar-refractivity contribution in [2.24, 2.45) is 22.7 Å². The molecule has 3 heteroatoms. The van der Waals surface area contributed by atoms with Crippen LogP contribution in [-0.4, -0.2) is 17.9 Å². The number of hydrogen-bond acceptors (Lipinski definition) is 3. The maximum Gasteiger partial charge on any atom is 0.309 e. The number of carbonyl (C=O) groups excluding carboxylic acids is 2. The van der Waals surface area contributed by atoms with Crippen molar-refractivity contribution < 1.29 is 14.3 Å². The molecule has 3 nitrogen and oxygen atoms in total. The SMILES string of the molecule is CCC(C)(C)C(=O)CC12CC3CC(C1)OC(=O)C(C3)C2. The Labute approximate surface area is 121 Å². The van der Waals surface area contributed by atoms with Crippen LogP contribution in [0.15, 0.2) is 0 Å². The zero-order valence-electron chi connectivity index (χ0n) is 12.9. The highest BCUT2D eigenvalue weighted by atomic mass is 16.5. The first-order valence-corrected chi connectivity index (χ1v) is 8.07. The lowest BCUT2D eigenvalue weighted by Crippen LogP contribution is -2.42. The van der Waals surface area contributed by atoms with Crippen molar-refractivity contribution in [2.45, 2.75) is 71.8 Å². The van der Waals surface area contributed by atoms with E-state index >= 15 is 0 Å². The molecule has 2 saturated heterocycles. The average molecular weight is 278 g/mol. The summed E-state index contributed by atoms with van der Waals surface area (Å²) in [5.41, 5.74) is -0.185. The van der Waals surface area contributed by atoms with Crippen molar-refractivity contribution >= 4 is 11.8 Å². The molecule has 0 amide bonds. The number of ketones is 1. The zero-order chi connectivity index (χ0) is 14.5. The summed E-state index contributed by atoms with van der Waals surface area (Å²) in [5, 5.41) is 0. The third-order valence-corrected chi connectivity index (χ3v) is 6.07. The number of fused-ring (bicyclic) bond motifs is 1. The molecule has 0 aromatic heterocycles. The normalized spacial score (nSPS) is 39.5. The first-order valence-electron chi connectivity index (χ1n) is 8.07. The summed E-state index contributed by atoms with van der Waals surface area (Å²) in [6, 6.07) is 0. The number of Topliss-reactive ketones (excluding diaryl/α,β-unsaturated/α-hetero) is 1. The van der Waals surface area contributed by atoms with Gasteiger partial charge in [-0.1, -0.05) is 20.8 Å². The van der Waals surface area contributed by atoms with E-state index in [-0.39, 0.29) is 28.8 Å². The lowest BCUT2D eigenvalue weighted by molar-refractivity contribution is -0.151. The molecule has 2 aliphatic carbocycles. The molecule has 4 aliphatic rings. The second-order valence-electron chi connectivity index (χ2n) is 8.04. The molecule has 20 heavy (non-hydrogen) atoms. The van der Waals surface area contributed by atoms with E-state index in [1.807, 2.05) is 13.8 Å². The van der Waals surface area contributed by atoms with E-state index in [1.165, 1.54) is 0 Å². The van der Waals surface area contributed by atoms with Gasteiger partial charge in [0, 0.05) is 11.8 Å². The van der Waals surface area contributed by atoms with Gasteiger partial charge in [0.25, 0.3) is 0 Å². The van der Waals surface area contributed by atoms with Gasteiger partial charge in [0.2, 0.25) is 0 Å². The van der Waals surface area contributed by atoms with Gasteiger partial charge in [-0.3, -0.25) is 9.59 Å². The Morgan fingerprint density at radius 3 is 2.75 bits per heavy atom. The number of carbonyl (C=O) groups is 2. The van der Waals surface area contributed by atoms with E-state index in [0.717, 1.165) is 38.5 Å². The number of rotatable bonds is 4. The van der Waals surface area contributed by atoms with E-state index in [2.05, 4.69) is 6.92 Å². The molecule has 4 bridgehead atoms. The van der Waals surface area contributed by atoms with Gasteiger partial charge >= 0.3 is 5.97 Å². The first kappa shape index (κ1) is 14.1. The summed E-state index contributed by atoms with van der Waals surface area (Å²) in [5.74, 6) is 1.02. The molecule has 0 aromatic rings. The molecule has 0 radical (unpaired) electrons. The number of esters is 1. The Morgan fingerprint density at radius 1 is 1.30 bits per heavy atom. The summed E-state index contributed by atoms with van der Waals surface area (Å²) in [6.45, 7) is 6.17. The minimum absolute atomic E-state index is 0.00118. The van der Waals surface area contributed by atoms with Crippen LogP contribution < -0.4 is 0 Å². The molecule has 112 valence electrons. The van der Waals surface area contributed by atoms with Crippen LogP contribution >= 0.6 is 0 Å². The van der Waals surface area contributed by atoms with Crippen LogP contribution in [0.1, 0.15) is 65.7 Å². The fraction of sp³-hybridized carbons (Fsp3) is 0.882. The second kappa shape index (κ2) is 4.57. The molecular formula is C17H26O3.